The Labute approximate surface area is 208 Å². The lowest BCUT2D eigenvalue weighted by atomic mass is 9.95. The van der Waals surface area contributed by atoms with Crippen LogP contribution in [0.3, 0.4) is 0 Å². The topological polar surface area (TPSA) is 21.1 Å². The first kappa shape index (κ1) is 23.5. The Balaban J connectivity index is 1.50. The summed E-state index contributed by atoms with van der Waals surface area (Å²) in [7, 11) is 0. The molecule has 1 fully saturated rings. The molecule has 1 saturated heterocycles. The monoisotopic (exact) mass is 467 g/mol. The molecule has 0 amide bonds. The number of hydrogen-bond donors (Lipinski definition) is 0. The van der Waals surface area contributed by atoms with Gasteiger partial charge in [-0.15, -0.1) is 0 Å². The van der Waals surface area contributed by atoms with E-state index < -0.39 is 0 Å². The number of rotatable bonds is 9. The van der Waals surface area contributed by atoms with Crippen molar-refractivity contribution in [1.29, 1.82) is 0 Å². The average Bonchev–Trinajstić information content (AvgIpc) is 3.28. The van der Waals surface area contributed by atoms with E-state index in [2.05, 4.69) is 63.1 Å². The Kier molecular flexibility index (Phi) is 7.69. The van der Waals surface area contributed by atoms with Crippen molar-refractivity contribution in [2.24, 2.45) is 0 Å². The number of hydrogen-bond acceptors (Lipinski definition) is 2. The fourth-order valence-corrected chi connectivity index (χ4v) is 5.29. The standard InChI is InChI=1S/C31H34FN3/c32-28-14-12-26(13-15-28)29-24-35(23-22-34-20-5-2-6-21-34)30(31(29)27-16-18-33-19-17-27)11-7-10-25-8-3-1-4-9-25/h1,3-4,8-9,12-19,24H,2,5-7,10-11,20-23H2. The molecule has 2 aromatic carbocycles. The van der Waals surface area contributed by atoms with E-state index in [9.17, 15) is 4.39 Å². The Hall–Kier alpha value is -3.24. The summed E-state index contributed by atoms with van der Waals surface area (Å²) in [5.74, 6) is -0.202. The zero-order chi connectivity index (χ0) is 23.9. The lowest BCUT2D eigenvalue weighted by molar-refractivity contribution is 0.220. The van der Waals surface area contributed by atoms with Gasteiger partial charge in [0.15, 0.2) is 0 Å². The highest BCUT2D eigenvalue weighted by atomic mass is 19.1. The van der Waals surface area contributed by atoms with Gasteiger partial charge in [0, 0.05) is 48.5 Å². The van der Waals surface area contributed by atoms with Crippen molar-refractivity contribution in [2.75, 3.05) is 19.6 Å². The molecule has 1 aliphatic heterocycles. The average molecular weight is 468 g/mol. The van der Waals surface area contributed by atoms with Gasteiger partial charge in [-0.25, -0.2) is 4.39 Å². The number of aryl methyl sites for hydroxylation is 1. The molecule has 0 saturated carbocycles. The van der Waals surface area contributed by atoms with E-state index in [4.69, 9.17) is 0 Å². The molecule has 0 bridgehead atoms. The van der Waals surface area contributed by atoms with Crippen molar-refractivity contribution in [1.82, 2.24) is 14.5 Å². The lowest BCUT2D eigenvalue weighted by Crippen LogP contribution is -2.32. The third-order valence-electron chi connectivity index (χ3n) is 7.14. The Bertz CT molecular complexity index is 1190. The van der Waals surface area contributed by atoms with Crippen LogP contribution in [-0.4, -0.2) is 34.1 Å². The normalized spacial score (nSPS) is 14.3. The second kappa shape index (κ2) is 11.5. The van der Waals surface area contributed by atoms with Crippen molar-refractivity contribution < 1.29 is 4.39 Å². The lowest BCUT2D eigenvalue weighted by Gasteiger charge is -2.27. The summed E-state index contributed by atoms with van der Waals surface area (Å²) in [6, 6.07) is 21.8. The van der Waals surface area contributed by atoms with Gasteiger partial charge in [-0.2, -0.15) is 0 Å². The van der Waals surface area contributed by atoms with Crippen molar-refractivity contribution in [3.63, 3.8) is 0 Å². The third-order valence-corrected chi connectivity index (χ3v) is 7.14. The molecule has 0 aliphatic carbocycles. The molecule has 4 aromatic rings. The second-order valence-electron chi connectivity index (χ2n) is 9.54. The Morgan fingerprint density at radius 1 is 0.743 bits per heavy atom. The largest absolute Gasteiger partial charge is 0.349 e. The van der Waals surface area contributed by atoms with Crippen molar-refractivity contribution in [3.8, 4) is 22.3 Å². The summed E-state index contributed by atoms with van der Waals surface area (Å²) in [6.07, 6.45) is 13.1. The van der Waals surface area contributed by atoms with Crippen LogP contribution < -0.4 is 0 Å². The zero-order valence-electron chi connectivity index (χ0n) is 20.4. The minimum atomic E-state index is -0.202. The van der Waals surface area contributed by atoms with E-state index in [1.807, 2.05) is 24.5 Å². The molecular formula is C31H34FN3. The Morgan fingerprint density at radius 3 is 2.23 bits per heavy atom. The molecule has 35 heavy (non-hydrogen) atoms. The number of halogens is 1. The zero-order valence-corrected chi connectivity index (χ0v) is 20.4. The summed E-state index contributed by atoms with van der Waals surface area (Å²) in [5.41, 5.74) is 7.40. The predicted octanol–water partition coefficient (Wildman–Crippen LogP) is 7.02. The van der Waals surface area contributed by atoms with Gasteiger partial charge in [0.25, 0.3) is 0 Å². The van der Waals surface area contributed by atoms with Gasteiger partial charge in [0.1, 0.15) is 5.82 Å². The highest BCUT2D eigenvalue weighted by Gasteiger charge is 2.20. The highest BCUT2D eigenvalue weighted by molar-refractivity contribution is 5.85. The maximum Gasteiger partial charge on any atom is 0.123 e. The van der Waals surface area contributed by atoms with E-state index >= 15 is 0 Å². The number of benzene rings is 2. The van der Waals surface area contributed by atoms with E-state index in [1.54, 1.807) is 12.1 Å². The van der Waals surface area contributed by atoms with Gasteiger partial charge in [-0.3, -0.25) is 4.98 Å². The first-order chi connectivity index (χ1) is 17.3. The predicted molar refractivity (Wildman–Crippen MR) is 142 cm³/mol. The van der Waals surface area contributed by atoms with Crippen LogP contribution in [0.5, 0.6) is 0 Å². The first-order valence-corrected chi connectivity index (χ1v) is 12.9. The van der Waals surface area contributed by atoms with Crippen molar-refractivity contribution in [2.45, 2.75) is 45.1 Å². The maximum absolute atomic E-state index is 13.7. The van der Waals surface area contributed by atoms with Crippen LogP contribution >= 0.6 is 0 Å². The van der Waals surface area contributed by atoms with Crippen LogP contribution in [0.15, 0.2) is 85.3 Å². The second-order valence-corrected chi connectivity index (χ2v) is 9.54. The summed E-state index contributed by atoms with van der Waals surface area (Å²) in [5, 5.41) is 0. The smallest absolute Gasteiger partial charge is 0.123 e. The molecule has 180 valence electrons. The molecule has 1 aliphatic rings. The highest BCUT2D eigenvalue weighted by Crippen LogP contribution is 2.37. The van der Waals surface area contributed by atoms with Crippen LogP contribution in [0.4, 0.5) is 4.39 Å². The molecule has 4 heteroatoms. The van der Waals surface area contributed by atoms with Gasteiger partial charge < -0.3 is 9.47 Å². The van der Waals surface area contributed by atoms with Crippen molar-refractivity contribution >= 4 is 0 Å². The number of piperidine rings is 1. The van der Waals surface area contributed by atoms with E-state index in [0.717, 1.165) is 37.9 Å². The molecule has 0 atom stereocenters. The summed E-state index contributed by atoms with van der Waals surface area (Å²) < 4.78 is 16.2. The fraction of sp³-hybridized carbons (Fsp3) is 0.323. The van der Waals surface area contributed by atoms with E-state index in [1.165, 1.54) is 60.3 Å². The van der Waals surface area contributed by atoms with Crippen LogP contribution in [-0.2, 0) is 19.4 Å². The molecule has 0 unspecified atom stereocenters. The third kappa shape index (κ3) is 5.88. The van der Waals surface area contributed by atoms with Gasteiger partial charge in [-0.1, -0.05) is 48.9 Å². The molecule has 5 rings (SSSR count). The van der Waals surface area contributed by atoms with Gasteiger partial charge in [0.2, 0.25) is 0 Å². The van der Waals surface area contributed by atoms with Crippen LogP contribution in [0.2, 0.25) is 0 Å². The Morgan fingerprint density at radius 2 is 1.49 bits per heavy atom. The summed E-state index contributed by atoms with van der Waals surface area (Å²) >= 11 is 0. The molecule has 2 aromatic heterocycles. The van der Waals surface area contributed by atoms with Crippen molar-refractivity contribution in [3.05, 3.63) is 102 Å². The maximum atomic E-state index is 13.7. The number of pyridine rings is 1. The number of aromatic nitrogens is 2. The van der Waals surface area contributed by atoms with Crippen LogP contribution in [0, 0.1) is 5.82 Å². The quantitative estimate of drug-likeness (QED) is 0.264. The van der Waals surface area contributed by atoms with E-state index in [-0.39, 0.29) is 5.82 Å². The summed E-state index contributed by atoms with van der Waals surface area (Å²) in [4.78, 5) is 6.86. The van der Waals surface area contributed by atoms with Gasteiger partial charge in [-0.05, 0) is 86.1 Å². The first-order valence-electron chi connectivity index (χ1n) is 12.9. The SMILES string of the molecule is Fc1ccc(-c2cn(CCN3CCCCC3)c(CCCc3ccccc3)c2-c2ccncc2)cc1. The molecule has 3 nitrogen and oxygen atoms in total. The fourth-order valence-electron chi connectivity index (χ4n) is 5.29. The van der Waals surface area contributed by atoms with Gasteiger partial charge in [0.05, 0.1) is 0 Å². The minimum Gasteiger partial charge on any atom is -0.349 e. The minimum absolute atomic E-state index is 0.202. The van der Waals surface area contributed by atoms with Gasteiger partial charge >= 0.3 is 0 Å². The molecular weight excluding hydrogens is 433 g/mol. The molecule has 3 heterocycles. The van der Waals surface area contributed by atoms with Crippen LogP contribution in [0.1, 0.15) is 36.9 Å². The molecule has 0 spiro atoms. The van der Waals surface area contributed by atoms with Crippen LogP contribution in [0.25, 0.3) is 22.3 Å². The molecule has 0 N–H and O–H groups in total. The number of nitrogens with zero attached hydrogens (tertiary/aromatic N) is 3. The number of likely N-dealkylation sites (tertiary alicyclic amines) is 1. The van der Waals surface area contributed by atoms with E-state index in [0.29, 0.717) is 0 Å². The molecule has 0 radical (unpaired) electrons. The summed E-state index contributed by atoms with van der Waals surface area (Å²) in [6.45, 7) is 4.44.